The van der Waals surface area contributed by atoms with E-state index in [1.807, 2.05) is 0 Å². The van der Waals surface area contributed by atoms with Gasteiger partial charge in [0.25, 0.3) is 5.24 Å². The third-order valence-electron chi connectivity index (χ3n) is 8.08. The van der Waals surface area contributed by atoms with E-state index in [1.54, 1.807) is 20.8 Å². The van der Waals surface area contributed by atoms with Gasteiger partial charge < -0.3 is 15.9 Å². The maximum Gasteiger partial charge on any atom is 0.252 e. The first-order valence-corrected chi connectivity index (χ1v) is 12.3. The molecule has 3 aliphatic carbocycles. The van der Waals surface area contributed by atoms with E-state index in [1.165, 1.54) is 25.1 Å². The summed E-state index contributed by atoms with van der Waals surface area (Å²) < 4.78 is 0. The quantitative estimate of drug-likeness (QED) is 0.371. The zero-order chi connectivity index (χ0) is 27.9. The van der Waals surface area contributed by atoms with Crippen LogP contribution in [0.1, 0.15) is 59.0 Å². The van der Waals surface area contributed by atoms with Crippen LogP contribution in [0.15, 0.2) is 6.07 Å². The second kappa shape index (κ2) is 8.54. The average Bonchev–Trinajstić information content (AvgIpc) is 2.74. The number of phenols is 1. The highest BCUT2D eigenvalue weighted by atomic mass is 35.5. The Labute approximate surface area is 218 Å². The van der Waals surface area contributed by atoms with E-state index in [9.17, 15) is 39.0 Å². The molecule has 0 bridgehead atoms. The van der Waals surface area contributed by atoms with Gasteiger partial charge in [0.05, 0.1) is 17.5 Å². The molecule has 0 heterocycles. The van der Waals surface area contributed by atoms with Gasteiger partial charge in [0.15, 0.2) is 34.7 Å². The number of carbonyl (C=O) groups excluding carboxylic acids is 6. The number of aromatic hydroxyl groups is 1. The van der Waals surface area contributed by atoms with Crippen molar-refractivity contribution in [2.24, 2.45) is 29.4 Å². The van der Waals surface area contributed by atoms with Crippen molar-refractivity contribution >= 4 is 45.9 Å². The number of benzene rings is 1. The second-order valence-corrected chi connectivity index (χ2v) is 11.8. The number of Topliss-reactive ketones (excluding diaryl/α,β-unsaturated/α-hetero) is 4. The van der Waals surface area contributed by atoms with Gasteiger partial charge in [-0.1, -0.05) is 20.8 Å². The lowest BCUT2D eigenvalue weighted by molar-refractivity contribution is -0.181. The summed E-state index contributed by atoms with van der Waals surface area (Å²) in [7, 11) is 3.01. The van der Waals surface area contributed by atoms with Gasteiger partial charge in [-0.2, -0.15) is 0 Å². The van der Waals surface area contributed by atoms with E-state index in [0.29, 0.717) is 0 Å². The lowest BCUT2D eigenvalue weighted by Gasteiger charge is -2.52. The lowest BCUT2D eigenvalue weighted by Crippen LogP contribution is -2.74. The zero-order valence-electron chi connectivity index (χ0n) is 21.1. The topological polar surface area (TPSA) is 172 Å². The van der Waals surface area contributed by atoms with Crippen molar-refractivity contribution in [2.75, 3.05) is 14.1 Å². The molecule has 0 saturated heterocycles. The van der Waals surface area contributed by atoms with Crippen molar-refractivity contribution in [1.82, 2.24) is 4.90 Å². The molecule has 3 aliphatic rings. The molecule has 0 aliphatic heterocycles. The number of rotatable bonds is 3. The number of carbonyl (C=O) groups is 6. The molecule has 0 radical (unpaired) electrons. The predicted molar refractivity (Wildman–Crippen MR) is 130 cm³/mol. The standard InChI is InChI=1S/C26H29ClN2O8/c1-25(2,3)13-8-11(23(27)35)10-6-9-7-12-17(29(4)5)20(32)16(24(28)36)22(34)26(12,37)21(33)14(9)19(31)15(10)18(13)30/h8-9,12,14,16-17,30,37H,6-7H2,1-5H3,(H2,28,36)/t9-,12-,14?,16?,17-,26-/m1/s1. The van der Waals surface area contributed by atoms with Crippen LogP contribution in [0, 0.1) is 23.7 Å². The van der Waals surface area contributed by atoms with Crippen LogP contribution in [0.3, 0.4) is 0 Å². The zero-order valence-corrected chi connectivity index (χ0v) is 21.9. The first-order valence-electron chi connectivity index (χ1n) is 11.9. The smallest absolute Gasteiger partial charge is 0.252 e. The minimum absolute atomic E-state index is 0.0215. The van der Waals surface area contributed by atoms with Crippen LogP contribution in [0.25, 0.3) is 0 Å². The van der Waals surface area contributed by atoms with Crippen LogP contribution in [0.5, 0.6) is 5.75 Å². The number of amides is 1. The van der Waals surface area contributed by atoms with Gasteiger partial charge in [0, 0.05) is 17.0 Å². The summed E-state index contributed by atoms with van der Waals surface area (Å²) in [4.78, 5) is 79.9. The molecule has 2 unspecified atom stereocenters. The van der Waals surface area contributed by atoms with Crippen LogP contribution in [-0.2, 0) is 31.0 Å². The van der Waals surface area contributed by atoms with Crippen molar-refractivity contribution in [3.05, 3.63) is 28.3 Å². The Morgan fingerprint density at radius 1 is 1.14 bits per heavy atom. The number of fused-ring (bicyclic) bond motifs is 3. The normalized spacial score (nSPS) is 31.6. The highest BCUT2D eigenvalue weighted by Gasteiger charge is 2.69. The molecule has 6 atom stereocenters. The third-order valence-corrected chi connectivity index (χ3v) is 8.28. The number of phenolic OH excluding ortho intramolecular Hbond substituents is 1. The fourth-order valence-corrected chi connectivity index (χ4v) is 6.59. The molecule has 1 aromatic carbocycles. The highest BCUT2D eigenvalue weighted by molar-refractivity contribution is 6.68. The van der Waals surface area contributed by atoms with E-state index in [-0.39, 0.29) is 35.1 Å². The largest absolute Gasteiger partial charge is 0.507 e. The fraction of sp³-hybridized carbons (Fsp3) is 0.538. The van der Waals surface area contributed by atoms with Gasteiger partial charge in [-0.05, 0) is 61.5 Å². The molecular formula is C26H29ClN2O8. The summed E-state index contributed by atoms with van der Waals surface area (Å²) in [5.74, 6) is -11.5. The van der Waals surface area contributed by atoms with Crippen molar-refractivity contribution in [1.29, 1.82) is 0 Å². The summed E-state index contributed by atoms with van der Waals surface area (Å²) in [6.45, 7) is 5.28. The van der Waals surface area contributed by atoms with Crippen molar-refractivity contribution < 1.29 is 39.0 Å². The molecule has 10 nitrogen and oxygen atoms in total. The van der Waals surface area contributed by atoms with Gasteiger partial charge >= 0.3 is 0 Å². The molecular weight excluding hydrogens is 504 g/mol. The molecule has 4 N–H and O–H groups in total. The number of likely N-dealkylation sites (N-methyl/N-ethyl adjacent to an activating group) is 1. The van der Waals surface area contributed by atoms with Crippen LogP contribution in [0.4, 0.5) is 0 Å². The molecule has 37 heavy (non-hydrogen) atoms. The van der Waals surface area contributed by atoms with E-state index < -0.39 is 80.8 Å². The number of aliphatic hydroxyl groups is 1. The summed E-state index contributed by atoms with van der Waals surface area (Å²) in [5, 5.41) is 21.9. The first-order chi connectivity index (χ1) is 17.0. The maximum atomic E-state index is 13.9. The summed E-state index contributed by atoms with van der Waals surface area (Å²) in [6.07, 6.45) is -0.140. The Morgan fingerprint density at radius 3 is 2.22 bits per heavy atom. The van der Waals surface area contributed by atoms with Gasteiger partial charge in [-0.15, -0.1) is 0 Å². The highest BCUT2D eigenvalue weighted by Crippen LogP contribution is 2.52. The Morgan fingerprint density at radius 2 is 1.73 bits per heavy atom. The number of nitrogens with zero attached hydrogens (tertiary/aromatic N) is 1. The molecule has 2 fully saturated rings. The monoisotopic (exact) mass is 532 g/mol. The van der Waals surface area contributed by atoms with Gasteiger partial charge in [0.1, 0.15) is 5.75 Å². The SMILES string of the molecule is CN(C)[C@H]1C(=O)C(C(N)=O)C(=O)[C@]2(O)C(=O)C3C(=O)c4c(O)c(C(C)(C)C)cc(C(=O)Cl)c4C[C@@H]3C[C@H]12. The molecule has 4 rings (SSSR count). The van der Waals surface area contributed by atoms with Crippen molar-refractivity contribution in [3.63, 3.8) is 0 Å². The van der Waals surface area contributed by atoms with E-state index >= 15 is 0 Å². The Hall–Kier alpha value is -2.95. The number of nitrogens with two attached hydrogens (primary N) is 1. The number of hydrogen-bond donors (Lipinski definition) is 3. The molecule has 1 aromatic rings. The number of primary amides is 1. The van der Waals surface area contributed by atoms with Crippen molar-refractivity contribution in [2.45, 2.75) is 50.7 Å². The summed E-state index contributed by atoms with van der Waals surface area (Å²) >= 11 is 5.87. The molecule has 0 aromatic heterocycles. The molecule has 0 spiro atoms. The van der Waals surface area contributed by atoms with Gasteiger partial charge in [-0.3, -0.25) is 33.7 Å². The molecule has 1 amide bonds. The summed E-state index contributed by atoms with van der Waals surface area (Å²) in [6, 6.07) is 0.235. The van der Waals surface area contributed by atoms with Crippen LogP contribution >= 0.6 is 11.6 Å². The number of halogens is 1. The first kappa shape index (κ1) is 27.1. The third kappa shape index (κ3) is 3.68. The number of ketones is 4. The minimum atomic E-state index is -2.81. The van der Waals surface area contributed by atoms with E-state index in [2.05, 4.69) is 0 Å². The van der Waals surface area contributed by atoms with Crippen LogP contribution in [-0.4, -0.2) is 75.1 Å². The van der Waals surface area contributed by atoms with Crippen LogP contribution < -0.4 is 5.73 Å². The van der Waals surface area contributed by atoms with Crippen LogP contribution in [0.2, 0.25) is 0 Å². The Kier molecular flexibility index (Phi) is 6.25. The fourth-order valence-electron chi connectivity index (χ4n) is 6.42. The number of hydrogen-bond acceptors (Lipinski definition) is 9. The van der Waals surface area contributed by atoms with E-state index in [4.69, 9.17) is 17.3 Å². The maximum absolute atomic E-state index is 13.9. The second-order valence-electron chi connectivity index (χ2n) is 11.5. The summed E-state index contributed by atoms with van der Waals surface area (Å²) in [5.41, 5.74) is 2.03. The Balaban J connectivity index is 1.94. The van der Waals surface area contributed by atoms with Gasteiger partial charge in [-0.25, -0.2) is 0 Å². The van der Waals surface area contributed by atoms with E-state index in [0.717, 1.165) is 0 Å². The molecule has 2 saturated carbocycles. The lowest BCUT2D eigenvalue weighted by atomic mass is 9.52. The van der Waals surface area contributed by atoms with Crippen molar-refractivity contribution in [3.8, 4) is 5.75 Å². The van der Waals surface area contributed by atoms with Gasteiger partial charge in [0.2, 0.25) is 5.91 Å². The molecule has 11 heteroatoms. The minimum Gasteiger partial charge on any atom is -0.507 e. The average molecular weight is 533 g/mol. The Bertz CT molecular complexity index is 1300. The predicted octanol–water partition coefficient (Wildman–Crippen LogP) is 0.544. The molecule has 198 valence electrons.